The third-order valence-electron chi connectivity index (χ3n) is 5.55. The Kier molecular flexibility index (Phi) is 5.46. The predicted molar refractivity (Wildman–Crippen MR) is 102 cm³/mol. The Balaban J connectivity index is 1.45. The number of hydrogen-bond acceptors (Lipinski definition) is 5. The SMILES string of the molecule is CC(=O)N1CCc2nnc(C3CCCN3C(=O)COc3ccc(F)cc3)n2CC1. The summed E-state index contributed by atoms with van der Waals surface area (Å²) in [6.45, 7) is 3.97. The molecule has 1 aromatic heterocycles. The molecule has 0 saturated carbocycles. The van der Waals surface area contributed by atoms with Gasteiger partial charge in [-0.05, 0) is 37.1 Å². The third kappa shape index (κ3) is 4.08. The van der Waals surface area contributed by atoms with Crippen LogP contribution in [0.4, 0.5) is 4.39 Å². The highest BCUT2D eigenvalue weighted by molar-refractivity contribution is 5.78. The zero-order valence-electron chi connectivity index (χ0n) is 16.4. The molecule has 9 heteroatoms. The van der Waals surface area contributed by atoms with Gasteiger partial charge in [0.25, 0.3) is 5.91 Å². The molecule has 1 saturated heterocycles. The topological polar surface area (TPSA) is 80.6 Å². The third-order valence-corrected chi connectivity index (χ3v) is 5.55. The van der Waals surface area contributed by atoms with E-state index in [-0.39, 0.29) is 30.3 Å². The van der Waals surface area contributed by atoms with Crippen molar-refractivity contribution in [1.29, 1.82) is 0 Å². The molecule has 3 heterocycles. The minimum absolute atomic E-state index is 0.0564. The molecule has 8 nitrogen and oxygen atoms in total. The number of aromatic nitrogens is 3. The van der Waals surface area contributed by atoms with E-state index in [0.717, 1.165) is 24.5 Å². The van der Waals surface area contributed by atoms with Gasteiger partial charge in [-0.25, -0.2) is 4.39 Å². The lowest BCUT2D eigenvalue weighted by atomic mass is 10.2. The number of likely N-dealkylation sites (tertiary alicyclic amines) is 1. The highest BCUT2D eigenvalue weighted by Crippen LogP contribution is 2.32. The van der Waals surface area contributed by atoms with Gasteiger partial charge >= 0.3 is 0 Å². The van der Waals surface area contributed by atoms with Crippen LogP contribution in [0.15, 0.2) is 24.3 Å². The lowest BCUT2D eigenvalue weighted by Crippen LogP contribution is -2.36. The van der Waals surface area contributed by atoms with Gasteiger partial charge in [0.15, 0.2) is 12.4 Å². The van der Waals surface area contributed by atoms with Gasteiger partial charge in [0.2, 0.25) is 5.91 Å². The minimum atomic E-state index is -0.348. The number of carbonyl (C=O) groups is 2. The number of nitrogens with zero attached hydrogens (tertiary/aromatic N) is 5. The number of halogens is 1. The zero-order chi connectivity index (χ0) is 20.4. The second kappa shape index (κ2) is 8.18. The zero-order valence-corrected chi connectivity index (χ0v) is 16.4. The molecule has 2 amide bonds. The highest BCUT2D eigenvalue weighted by Gasteiger charge is 2.35. The molecule has 4 rings (SSSR count). The van der Waals surface area contributed by atoms with E-state index >= 15 is 0 Å². The normalized spacial score (nSPS) is 19.0. The molecule has 2 aromatic rings. The van der Waals surface area contributed by atoms with Crippen LogP contribution < -0.4 is 4.74 Å². The largest absolute Gasteiger partial charge is 0.484 e. The average molecular weight is 401 g/mol. The molecule has 2 aliphatic rings. The number of hydrogen-bond donors (Lipinski definition) is 0. The number of rotatable bonds is 4. The summed E-state index contributed by atoms with van der Waals surface area (Å²) in [5.41, 5.74) is 0. The Labute approximate surface area is 168 Å². The van der Waals surface area contributed by atoms with Crippen molar-refractivity contribution in [1.82, 2.24) is 24.6 Å². The van der Waals surface area contributed by atoms with E-state index in [1.54, 1.807) is 11.8 Å². The first kappa shape index (κ1) is 19.4. The number of fused-ring (bicyclic) bond motifs is 1. The quantitative estimate of drug-likeness (QED) is 0.777. The molecule has 2 aliphatic heterocycles. The van der Waals surface area contributed by atoms with Gasteiger partial charge < -0.3 is 19.1 Å². The van der Waals surface area contributed by atoms with E-state index in [0.29, 0.717) is 38.3 Å². The van der Waals surface area contributed by atoms with Crippen LogP contribution in [0.25, 0.3) is 0 Å². The molecule has 1 atom stereocenters. The summed E-state index contributed by atoms with van der Waals surface area (Å²) in [6.07, 6.45) is 2.35. The molecule has 1 aromatic carbocycles. The van der Waals surface area contributed by atoms with Crippen LogP contribution >= 0.6 is 0 Å². The monoisotopic (exact) mass is 401 g/mol. The summed E-state index contributed by atoms with van der Waals surface area (Å²) in [4.78, 5) is 28.1. The Hall–Kier alpha value is -2.97. The molecule has 0 radical (unpaired) electrons. The van der Waals surface area contributed by atoms with Crippen molar-refractivity contribution in [2.45, 2.75) is 38.8 Å². The molecule has 154 valence electrons. The van der Waals surface area contributed by atoms with Crippen molar-refractivity contribution in [3.63, 3.8) is 0 Å². The number of ether oxygens (including phenoxy) is 1. The molecule has 0 N–H and O–H groups in total. The fourth-order valence-corrected chi connectivity index (χ4v) is 4.00. The maximum Gasteiger partial charge on any atom is 0.261 e. The van der Waals surface area contributed by atoms with Crippen molar-refractivity contribution in [2.24, 2.45) is 0 Å². The summed E-state index contributed by atoms with van der Waals surface area (Å²) in [5.74, 6) is 1.66. The molecule has 29 heavy (non-hydrogen) atoms. The average Bonchev–Trinajstić information content (AvgIpc) is 3.28. The fraction of sp³-hybridized carbons (Fsp3) is 0.500. The van der Waals surface area contributed by atoms with Gasteiger partial charge in [0, 0.05) is 39.5 Å². The first-order valence-electron chi connectivity index (χ1n) is 9.88. The van der Waals surface area contributed by atoms with Gasteiger partial charge in [0.05, 0.1) is 6.04 Å². The Morgan fingerprint density at radius 2 is 1.93 bits per heavy atom. The smallest absolute Gasteiger partial charge is 0.261 e. The van der Waals surface area contributed by atoms with E-state index < -0.39 is 0 Å². The molecule has 1 unspecified atom stereocenters. The Bertz CT molecular complexity index is 898. The summed E-state index contributed by atoms with van der Waals surface area (Å²) in [6, 6.07) is 5.46. The van der Waals surface area contributed by atoms with Crippen molar-refractivity contribution in [3.8, 4) is 5.75 Å². The molecular weight excluding hydrogens is 377 g/mol. The second-order valence-corrected chi connectivity index (χ2v) is 7.37. The van der Waals surface area contributed by atoms with E-state index in [1.807, 2.05) is 4.90 Å². The number of amides is 2. The van der Waals surface area contributed by atoms with Crippen molar-refractivity contribution in [3.05, 3.63) is 41.7 Å². The van der Waals surface area contributed by atoms with E-state index in [9.17, 15) is 14.0 Å². The molecular formula is C20H24FN5O3. The van der Waals surface area contributed by atoms with Crippen LogP contribution in [0.1, 0.15) is 37.5 Å². The van der Waals surface area contributed by atoms with Gasteiger partial charge in [-0.15, -0.1) is 10.2 Å². The summed E-state index contributed by atoms with van der Waals surface area (Å²) >= 11 is 0. The van der Waals surface area contributed by atoms with Crippen LogP contribution in [0.3, 0.4) is 0 Å². The van der Waals surface area contributed by atoms with Crippen molar-refractivity contribution < 1.29 is 18.7 Å². The van der Waals surface area contributed by atoms with Crippen LogP contribution in [0.2, 0.25) is 0 Å². The van der Waals surface area contributed by atoms with E-state index in [2.05, 4.69) is 14.8 Å². The summed E-state index contributed by atoms with van der Waals surface area (Å²) in [7, 11) is 0. The number of carbonyl (C=O) groups excluding carboxylic acids is 2. The van der Waals surface area contributed by atoms with E-state index in [4.69, 9.17) is 4.74 Å². The maximum absolute atomic E-state index is 13.0. The van der Waals surface area contributed by atoms with E-state index in [1.165, 1.54) is 24.3 Å². The Morgan fingerprint density at radius 1 is 1.14 bits per heavy atom. The molecule has 0 aliphatic carbocycles. The molecule has 0 spiro atoms. The van der Waals surface area contributed by atoms with Crippen molar-refractivity contribution in [2.75, 3.05) is 26.2 Å². The highest BCUT2D eigenvalue weighted by atomic mass is 19.1. The van der Waals surface area contributed by atoms with Crippen LogP contribution in [0, 0.1) is 5.82 Å². The van der Waals surface area contributed by atoms with Gasteiger partial charge in [-0.2, -0.15) is 0 Å². The van der Waals surface area contributed by atoms with Gasteiger partial charge in [0.1, 0.15) is 17.4 Å². The minimum Gasteiger partial charge on any atom is -0.484 e. The predicted octanol–water partition coefficient (Wildman–Crippen LogP) is 1.56. The fourth-order valence-electron chi connectivity index (χ4n) is 4.00. The molecule has 1 fully saturated rings. The summed E-state index contributed by atoms with van der Waals surface area (Å²) in [5, 5.41) is 8.71. The van der Waals surface area contributed by atoms with Gasteiger partial charge in [-0.1, -0.05) is 0 Å². The van der Waals surface area contributed by atoms with Crippen LogP contribution in [0.5, 0.6) is 5.75 Å². The Morgan fingerprint density at radius 3 is 2.69 bits per heavy atom. The summed E-state index contributed by atoms with van der Waals surface area (Å²) < 4.78 is 20.6. The van der Waals surface area contributed by atoms with Crippen LogP contribution in [-0.4, -0.2) is 62.6 Å². The first-order valence-corrected chi connectivity index (χ1v) is 9.88. The second-order valence-electron chi connectivity index (χ2n) is 7.37. The maximum atomic E-state index is 13.0. The lowest BCUT2D eigenvalue weighted by Gasteiger charge is -2.25. The standard InChI is InChI=1S/C20H24FN5O3/c1-14(27)24-10-8-18-22-23-20(26(18)12-11-24)17-3-2-9-25(17)19(28)13-29-16-6-4-15(21)5-7-16/h4-7,17H,2-3,8-13H2,1H3. The first-order chi connectivity index (χ1) is 14.0. The molecule has 0 bridgehead atoms. The lowest BCUT2D eigenvalue weighted by molar-refractivity contribution is -0.134. The van der Waals surface area contributed by atoms with Crippen molar-refractivity contribution >= 4 is 11.8 Å². The number of benzene rings is 1. The van der Waals surface area contributed by atoms with Crippen LogP contribution in [-0.2, 0) is 22.6 Å². The van der Waals surface area contributed by atoms with Gasteiger partial charge in [-0.3, -0.25) is 9.59 Å².